The van der Waals surface area contributed by atoms with Gasteiger partial charge in [-0.25, -0.2) is 17.8 Å². The molecule has 0 aromatic carbocycles. The fraction of sp³-hybridized carbons (Fsp3) is 0.364. The summed E-state index contributed by atoms with van der Waals surface area (Å²) in [6, 6.07) is 2.43. The molecule has 0 fully saturated rings. The number of rotatable bonds is 6. The van der Waals surface area contributed by atoms with Gasteiger partial charge in [-0.2, -0.15) is 4.31 Å². The molecule has 17 heavy (non-hydrogen) atoms. The van der Waals surface area contributed by atoms with E-state index in [-0.39, 0.29) is 0 Å². The Morgan fingerprint density at radius 2 is 2.29 bits per heavy atom. The molecule has 0 aliphatic carbocycles. The molecule has 1 heterocycles. The summed E-state index contributed by atoms with van der Waals surface area (Å²) < 4.78 is 38.3. The summed E-state index contributed by atoms with van der Waals surface area (Å²) in [5, 5.41) is -0.527. The lowest BCUT2D eigenvalue weighted by Crippen LogP contribution is -2.29. The molecule has 1 aromatic rings. The Labute approximate surface area is 101 Å². The van der Waals surface area contributed by atoms with Crippen LogP contribution in [0, 0.1) is 5.82 Å². The lowest BCUT2D eigenvalue weighted by molar-refractivity contribution is 0.452. The van der Waals surface area contributed by atoms with Crippen molar-refractivity contribution in [2.45, 2.75) is 17.9 Å². The highest BCUT2D eigenvalue weighted by Gasteiger charge is 2.25. The first-order chi connectivity index (χ1) is 8.00. The molecule has 6 heteroatoms. The first-order valence-corrected chi connectivity index (χ1v) is 6.62. The molecule has 0 spiro atoms. The molecule has 0 saturated heterocycles. The van der Waals surface area contributed by atoms with E-state index in [1.807, 2.05) is 0 Å². The van der Waals surface area contributed by atoms with Gasteiger partial charge in [0.15, 0.2) is 5.82 Å². The Balaban J connectivity index is 2.88. The number of nitrogens with zero attached hydrogens (tertiary/aromatic N) is 2. The predicted molar refractivity (Wildman–Crippen MR) is 63.4 cm³/mol. The van der Waals surface area contributed by atoms with E-state index in [1.165, 1.54) is 19.3 Å². The van der Waals surface area contributed by atoms with Crippen molar-refractivity contribution in [3.8, 4) is 0 Å². The second kappa shape index (κ2) is 5.88. The van der Waals surface area contributed by atoms with Gasteiger partial charge in [0.25, 0.3) is 10.0 Å². The average Bonchev–Trinajstić information content (AvgIpc) is 2.29. The highest BCUT2D eigenvalue weighted by Crippen LogP contribution is 2.15. The van der Waals surface area contributed by atoms with Crippen LogP contribution in [0.25, 0.3) is 0 Å². The SMILES string of the molecule is C=CCCCN(C)S(=O)(=O)c1ncccc1F. The minimum Gasteiger partial charge on any atom is -0.241 e. The second-order valence-corrected chi connectivity index (χ2v) is 5.51. The van der Waals surface area contributed by atoms with Gasteiger partial charge in [0.1, 0.15) is 0 Å². The maximum absolute atomic E-state index is 13.3. The van der Waals surface area contributed by atoms with Crippen LogP contribution in [0.15, 0.2) is 36.0 Å². The molecule has 0 bridgehead atoms. The van der Waals surface area contributed by atoms with E-state index in [4.69, 9.17) is 0 Å². The molecule has 0 aliphatic heterocycles. The largest absolute Gasteiger partial charge is 0.263 e. The standard InChI is InChI=1S/C11H15FN2O2S/c1-3-4-5-9-14(2)17(15,16)11-10(12)7-6-8-13-11/h3,6-8H,1,4-5,9H2,2H3. The minimum atomic E-state index is -3.84. The third kappa shape index (κ3) is 3.34. The number of hydrogen-bond acceptors (Lipinski definition) is 3. The van der Waals surface area contributed by atoms with Gasteiger partial charge in [0.05, 0.1) is 0 Å². The summed E-state index contributed by atoms with van der Waals surface area (Å²) in [5.74, 6) is -0.830. The number of sulfonamides is 1. The number of hydrogen-bond donors (Lipinski definition) is 0. The van der Waals surface area contributed by atoms with Gasteiger partial charge in [0, 0.05) is 19.8 Å². The van der Waals surface area contributed by atoms with Crippen molar-refractivity contribution < 1.29 is 12.8 Å². The molecule has 1 rings (SSSR count). The van der Waals surface area contributed by atoms with Gasteiger partial charge in [0.2, 0.25) is 5.03 Å². The van der Waals surface area contributed by atoms with Crippen molar-refractivity contribution in [2.24, 2.45) is 0 Å². The molecular weight excluding hydrogens is 243 g/mol. The summed E-state index contributed by atoms with van der Waals surface area (Å²) in [4.78, 5) is 3.57. The van der Waals surface area contributed by atoms with Crippen LogP contribution in [0.1, 0.15) is 12.8 Å². The second-order valence-electron chi connectivity index (χ2n) is 3.55. The maximum atomic E-state index is 13.3. The molecule has 0 radical (unpaired) electrons. The van der Waals surface area contributed by atoms with Crippen molar-refractivity contribution in [1.29, 1.82) is 0 Å². The first kappa shape index (κ1) is 13.8. The fourth-order valence-corrected chi connectivity index (χ4v) is 2.46. The molecule has 0 aliphatic rings. The number of allylic oxidation sites excluding steroid dienone is 1. The number of halogens is 1. The van der Waals surface area contributed by atoms with E-state index >= 15 is 0 Å². The van der Waals surface area contributed by atoms with Crippen LogP contribution >= 0.6 is 0 Å². The van der Waals surface area contributed by atoms with E-state index in [0.717, 1.165) is 10.4 Å². The lowest BCUT2D eigenvalue weighted by Gasteiger charge is -2.16. The monoisotopic (exact) mass is 258 g/mol. The van der Waals surface area contributed by atoms with Crippen LogP contribution < -0.4 is 0 Å². The third-order valence-corrected chi connectivity index (χ3v) is 4.05. The third-order valence-electron chi connectivity index (χ3n) is 2.26. The lowest BCUT2D eigenvalue weighted by atomic mass is 10.3. The van der Waals surface area contributed by atoms with Crippen molar-refractivity contribution in [1.82, 2.24) is 9.29 Å². The topological polar surface area (TPSA) is 50.3 Å². The van der Waals surface area contributed by atoms with Gasteiger partial charge >= 0.3 is 0 Å². The van der Waals surface area contributed by atoms with Crippen LogP contribution in [0.2, 0.25) is 0 Å². The van der Waals surface area contributed by atoms with Crippen LogP contribution in [-0.4, -0.2) is 31.3 Å². The minimum absolute atomic E-state index is 0.310. The first-order valence-electron chi connectivity index (χ1n) is 5.18. The summed E-state index contributed by atoms with van der Waals surface area (Å²) in [5.41, 5.74) is 0. The van der Waals surface area contributed by atoms with E-state index in [2.05, 4.69) is 11.6 Å². The molecule has 94 valence electrons. The molecule has 1 aromatic heterocycles. The molecule has 0 unspecified atom stereocenters. The number of unbranched alkanes of at least 4 members (excludes halogenated alkanes) is 1. The Hall–Kier alpha value is -1.27. The van der Waals surface area contributed by atoms with Gasteiger partial charge < -0.3 is 0 Å². The van der Waals surface area contributed by atoms with Gasteiger partial charge in [-0.3, -0.25) is 0 Å². The Kier molecular flexibility index (Phi) is 4.77. The van der Waals surface area contributed by atoms with E-state index in [1.54, 1.807) is 6.08 Å². The van der Waals surface area contributed by atoms with Crippen molar-refractivity contribution >= 4 is 10.0 Å². The fourth-order valence-electron chi connectivity index (χ4n) is 1.29. The average molecular weight is 258 g/mol. The summed E-state index contributed by atoms with van der Waals surface area (Å²) in [6.45, 7) is 3.86. The van der Waals surface area contributed by atoms with Crippen molar-refractivity contribution in [3.05, 3.63) is 36.8 Å². The summed E-state index contributed by atoms with van der Waals surface area (Å²) in [6.07, 6.45) is 4.33. The zero-order valence-corrected chi connectivity index (χ0v) is 10.5. The molecular formula is C11H15FN2O2S. The zero-order chi connectivity index (χ0) is 12.9. The Morgan fingerprint density at radius 1 is 1.59 bits per heavy atom. The highest BCUT2D eigenvalue weighted by atomic mass is 32.2. The Bertz CT molecular complexity index is 488. The molecule has 0 saturated carbocycles. The maximum Gasteiger partial charge on any atom is 0.263 e. The van der Waals surface area contributed by atoms with Crippen LogP contribution in [0.5, 0.6) is 0 Å². The van der Waals surface area contributed by atoms with Crippen LogP contribution in [-0.2, 0) is 10.0 Å². The summed E-state index contributed by atoms with van der Waals surface area (Å²) in [7, 11) is -2.43. The van der Waals surface area contributed by atoms with Crippen LogP contribution in [0.3, 0.4) is 0 Å². The van der Waals surface area contributed by atoms with E-state index < -0.39 is 20.9 Å². The molecule has 0 atom stereocenters. The summed E-state index contributed by atoms with van der Waals surface area (Å²) >= 11 is 0. The van der Waals surface area contributed by atoms with Crippen molar-refractivity contribution in [3.63, 3.8) is 0 Å². The number of aromatic nitrogens is 1. The molecule has 4 nitrogen and oxygen atoms in total. The van der Waals surface area contributed by atoms with Gasteiger partial charge in [-0.05, 0) is 25.0 Å². The predicted octanol–water partition coefficient (Wildman–Crippen LogP) is 1.81. The smallest absolute Gasteiger partial charge is 0.241 e. The van der Waals surface area contributed by atoms with E-state index in [0.29, 0.717) is 19.4 Å². The Morgan fingerprint density at radius 3 is 2.88 bits per heavy atom. The number of pyridine rings is 1. The molecule has 0 amide bonds. The van der Waals surface area contributed by atoms with Crippen molar-refractivity contribution in [2.75, 3.05) is 13.6 Å². The normalized spacial score (nSPS) is 11.7. The highest BCUT2D eigenvalue weighted by molar-refractivity contribution is 7.89. The van der Waals surface area contributed by atoms with Gasteiger partial charge in [-0.1, -0.05) is 6.08 Å². The van der Waals surface area contributed by atoms with E-state index in [9.17, 15) is 12.8 Å². The quantitative estimate of drug-likeness (QED) is 0.577. The zero-order valence-electron chi connectivity index (χ0n) is 9.63. The van der Waals surface area contributed by atoms with Gasteiger partial charge in [-0.15, -0.1) is 6.58 Å². The van der Waals surface area contributed by atoms with Crippen LogP contribution in [0.4, 0.5) is 4.39 Å². The molecule has 0 N–H and O–H groups in total.